The van der Waals surface area contributed by atoms with Gasteiger partial charge in [0.25, 0.3) is 0 Å². The molecule has 1 aromatic carbocycles. The van der Waals surface area contributed by atoms with Crippen LogP contribution in [0.5, 0.6) is 0 Å². The van der Waals surface area contributed by atoms with E-state index in [-0.39, 0.29) is 5.91 Å². The zero-order valence-corrected chi connectivity index (χ0v) is 12.1. The van der Waals surface area contributed by atoms with Gasteiger partial charge in [-0.15, -0.1) is 0 Å². The third-order valence-electron chi connectivity index (χ3n) is 4.18. The van der Waals surface area contributed by atoms with Crippen LogP contribution >= 0.6 is 0 Å². The highest BCUT2D eigenvalue weighted by molar-refractivity contribution is 5.85. The average Bonchev–Trinajstić information content (AvgIpc) is 2.73. The maximum absolute atomic E-state index is 12.4. The van der Waals surface area contributed by atoms with E-state index in [9.17, 15) is 10.1 Å². The van der Waals surface area contributed by atoms with Gasteiger partial charge in [0, 0.05) is 6.54 Å². The van der Waals surface area contributed by atoms with Crippen LogP contribution in [0.2, 0.25) is 0 Å². The fourth-order valence-electron chi connectivity index (χ4n) is 2.78. The molecule has 3 heteroatoms. The minimum Gasteiger partial charge on any atom is -0.351 e. The van der Waals surface area contributed by atoms with Gasteiger partial charge in [-0.2, -0.15) is 5.26 Å². The van der Waals surface area contributed by atoms with Crippen molar-refractivity contribution in [3.63, 3.8) is 0 Å². The number of hydrogen-bond acceptors (Lipinski definition) is 2. The first-order valence-corrected chi connectivity index (χ1v) is 7.41. The minimum absolute atomic E-state index is 0.0949. The third kappa shape index (κ3) is 3.39. The molecule has 1 aliphatic carbocycles. The molecule has 1 fully saturated rings. The van der Waals surface area contributed by atoms with E-state index in [0.29, 0.717) is 19.4 Å². The van der Waals surface area contributed by atoms with E-state index in [1.807, 2.05) is 31.2 Å². The maximum atomic E-state index is 12.4. The highest BCUT2D eigenvalue weighted by Gasteiger charge is 2.38. The number of nitrogens with one attached hydrogen (secondary N) is 1. The normalized spacial score (nSPS) is 17.8. The minimum atomic E-state index is -0.804. The topological polar surface area (TPSA) is 52.9 Å². The Hall–Kier alpha value is -1.82. The van der Waals surface area contributed by atoms with E-state index in [1.165, 1.54) is 5.56 Å². The standard InChI is InChI=1S/C17H22N2O/c1-14-6-8-15(9-7-14)12-19-16(20)17(13-18)10-4-2-3-5-11-17/h6-9H,2-5,10-12H2,1H3,(H,19,20). The molecule has 0 aliphatic heterocycles. The molecule has 1 aliphatic rings. The quantitative estimate of drug-likeness (QED) is 0.855. The van der Waals surface area contributed by atoms with E-state index in [0.717, 1.165) is 31.2 Å². The number of rotatable bonds is 3. The van der Waals surface area contributed by atoms with Gasteiger partial charge in [-0.3, -0.25) is 4.79 Å². The molecule has 0 heterocycles. The van der Waals surface area contributed by atoms with Crippen LogP contribution in [0.15, 0.2) is 24.3 Å². The Balaban J connectivity index is 1.99. The van der Waals surface area contributed by atoms with Crippen molar-refractivity contribution in [3.05, 3.63) is 35.4 Å². The Kier molecular flexibility index (Phi) is 4.79. The van der Waals surface area contributed by atoms with Gasteiger partial charge < -0.3 is 5.32 Å². The molecule has 0 spiro atoms. The predicted octanol–water partition coefficient (Wildman–Crippen LogP) is 3.48. The summed E-state index contributed by atoms with van der Waals surface area (Å²) in [5.41, 5.74) is 1.48. The third-order valence-corrected chi connectivity index (χ3v) is 4.18. The van der Waals surface area contributed by atoms with Crippen LogP contribution < -0.4 is 5.32 Å². The Morgan fingerprint density at radius 2 is 1.80 bits per heavy atom. The summed E-state index contributed by atoms with van der Waals surface area (Å²) in [5, 5.41) is 12.4. The first-order chi connectivity index (χ1) is 9.66. The SMILES string of the molecule is Cc1ccc(CNC(=O)C2(C#N)CCCCCC2)cc1. The summed E-state index contributed by atoms with van der Waals surface area (Å²) in [5.74, 6) is -0.0949. The van der Waals surface area contributed by atoms with Crippen LogP contribution in [-0.2, 0) is 11.3 Å². The Bertz CT molecular complexity index is 491. The van der Waals surface area contributed by atoms with Gasteiger partial charge in [-0.25, -0.2) is 0 Å². The maximum Gasteiger partial charge on any atom is 0.240 e. The number of carbonyl (C=O) groups excluding carboxylic acids is 1. The van der Waals surface area contributed by atoms with Crippen molar-refractivity contribution < 1.29 is 4.79 Å². The average molecular weight is 270 g/mol. The van der Waals surface area contributed by atoms with E-state index < -0.39 is 5.41 Å². The lowest BCUT2D eigenvalue weighted by Crippen LogP contribution is -2.39. The molecule has 106 valence electrons. The molecular weight excluding hydrogens is 248 g/mol. The smallest absolute Gasteiger partial charge is 0.240 e. The molecule has 0 bridgehead atoms. The summed E-state index contributed by atoms with van der Waals surface area (Å²) in [4.78, 5) is 12.4. The molecule has 1 aromatic rings. The van der Waals surface area contributed by atoms with Crippen LogP contribution in [0.3, 0.4) is 0 Å². The number of carbonyl (C=O) groups is 1. The van der Waals surface area contributed by atoms with E-state index in [2.05, 4.69) is 11.4 Å². The summed E-state index contributed by atoms with van der Waals surface area (Å²) in [6.07, 6.45) is 5.62. The number of aryl methyl sites for hydroxylation is 1. The van der Waals surface area contributed by atoms with Crippen molar-refractivity contribution in [2.45, 2.75) is 52.0 Å². The summed E-state index contributed by atoms with van der Waals surface area (Å²) in [6.45, 7) is 2.54. The van der Waals surface area contributed by atoms with Crippen molar-refractivity contribution in [2.24, 2.45) is 5.41 Å². The molecule has 1 N–H and O–H groups in total. The van der Waals surface area contributed by atoms with Gasteiger partial charge in [0.1, 0.15) is 5.41 Å². The van der Waals surface area contributed by atoms with Crippen molar-refractivity contribution in [1.29, 1.82) is 5.26 Å². The largest absolute Gasteiger partial charge is 0.351 e. The fraction of sp³-hybridized carbons (Fsp3) is 0.529. The number of amides is 1. The molecule has 3 nitrogen and oxygen atoms in total. The number of hydrogen-bond donors (Lipinski definition) is 1. The molecule has 1 saturated carbocycles. The monoisotopic (exact) mass is 270 g/mol. The molecular formula is C17H22N2O. The zero-order chi connectivity index (χ0) is 14.4. The first-order valence-electron chi connectivity index (χ1n) is 7.41. The highest BCUT2D eigenvalue weighted by atomic mass is 16.2. The van der Waals surface area contributed by atoms with E-state index >= 15 is 0 Å². The van der Waals surface area contributed by atoms with Gasteiger partial charge in [-0.05, 0) is 25.3 Å². The molecule has 0 radical (unpaired) electrons. The second kappa shape index (κ2) is 6.56. The van der Waals surface area contributed by atoms with Crippen molar-refractivity contribution in [3.8, 4) is 6.07 Å². The number of nitriles is 1. The Morgan fingerprint density at radius 1 is 1.20 bits per heavy atom. The molecule has 2 rings (SSSR count). The summed E-state index contributed by atoms with van der Waals surface area (Å²) in [6, 6.07) is 10.4. The predicted molar refractivity (Wildman–Crippen MR) is 78.8 cm³/mol. The molecule has 0 atom stereocenters. The lowest BCUT2D eigenvalue weighted by Gasteiger charge is -2.23. The van der Waals surface area contributed by atoms with Crippen LogP contribution in [0.1, 0.15) is 49.7 Å². The Labute approximate surface area is 121 Å². The molecule has 1 amide bonds. The second-order valence-corrected chi connectivity index (χ2v) is 5.78. The van der Waals surface area contributed by atoms with Crippen molar-refractivity contribution in [2.75, 3.05) is 0 Å². The fourth-order valence-corrected chi connectivity index (χ4v) is 2.78. The molecule has 0 aromatic heterocycles. The van der Waals surface area contributed by atoms with Crippen molar-refractivity contribution >= 4 is 5.91 Å². The lowest BCUT2D eigenvalue weighted by molar-refractivity contribution is -0.129. The molecule has 0 unspecified atom stereocenters. The van der Waals surface area contributed by atoms with Gasteiger partial charge >= 0.3 is 0 Å². The van der Waals surface area contributed by atoms with Gasteiger partial charge in [0.15, 0.2) is 0 Å². The molecule has 20 heavy (non-hydrogen) atoms. The zero-order valence-electron chi connectivity index (χ0n) is 12.1. The van der Waals surface area contributed by atoms with Gasteiger partial charge in [0.2, 0.25) is 5.91 Å². The van der Waals surface area contributed by atoms with E-state index in [1.54, 1.807) is 0 Å². The van der Waals surface area contributed by atoms with Crippen molar-refractivity contribution in [1.82, 2.24) is 5.32 Å². The van der Waals surface area contributed by atoms with Gasteiger partial charge in [-0.1, -0.05) is 55.5 Å². The number of benzene rings is 1. The van der Waals surface area contributed by atoms with Crippen LogP contribution in [0, 0.1) is 23.7 Å². The summed E-state index contributed by atoms with van der Waals surface area (Å²) >= 11 is 0. The first kappa shape index (κ1) is 14.6. The van der Waals surface area contributed by atoms with E-state index in [4.69, 9.17) is 0 Å². The molecule has 0 saturated heterocycles. The summed E-state index contributed by atoms with van der Waals surface area (Å²) in [7, 11) is 0. The lowest BCUT2D eigenvalue weighted by atomic mass is 9.81. The van der Waals surface area contributed by atoms with Gasteiger partial charge in [0.05, 0.1) is 6.07 Å². The van der Waals surface area contributed by atoms with Crippen LogP contribution in [0.4, 0.5) is 0 Å². The summed E-state index contributed by atoms with van der Waals surface area (Å²) < 4.78 is 0. The number of nitrogens with zero attached hydrogens (tertiary/aromatic N) is 1. The second-order valence-electron chi connectivity index (χ2n) is 5.78. The van der Waals surface area contributed by atoms with Crippen LogP contribution in [-0.4, -0.2) is 5.91 Å². The van der Waals surface area contributed by atoms with Crippen LogP contribution in [0.25, 0.3) is 0 Å². The Morgan fingerprint density at radius 3 is 2.35 bits per heavy atom. The highest BCUT2D eigenvalue weighted by Crippen LogP contribution is 2.34.